The molecule has 7 heteroatoms. The van der Waals surface area contributed by atoms with E-state index in [1.165, 1.54) is 10.9 Å². The lowest BCUT2D eigenvalue weighted by atomic mass is 10.2. The van der Waals surface area contributed by atoms with Gasteiger partial charge in [0.15, 0.2) is 5.96 Å². The molecule has 1 aromatic carbocycles. The maximum atomic E-state index is 13.5. The van der Waals surface area contributed by atoms with Crippen molar-refractivity contribution in [2.45, 2.75) is 26.3 Å². The van der Waals surface area contributed by atoms with E-state index < -0.39 is 0 Å². The van der Waals surface area contributed by atoms with Crippen LogP contribution in [0.1, 0.15) is 22.4 Å². The van der Waals surface area contributed by atoms with Gasteiger partial charge in [-0.3, -0.25) is 4.99 Å². The van der Waals surface area contributed by atoms with Crippen molar-refractivity contribution in [1.82, 2.24) is 15.6 Å². The lowest BCUT2D eigenvalue weighted by Crippen LogP contribution is -2.38. The van der Waals surface area contributed by atoms with Crippen molar-refractivity contribution in [3.05, 3.63) is 51.7 Å². The number of hydrogen-bond acceptors (Lipinski definition) is 3. The van der Waals surface area contributed by atoms with E-state index in [-0.39, 0.29) is 29.8 Å². The van der Waals surface area contributed by atoms with Gasteiger partial charge in [-0.1, -0.05) is 25.1 Å². The quantitative estimate of drug-likeness (QED) is 0.405. The molecule has 126 valence electrons. The lowest BCUT2D eigenvalue weighted by Gasteiger charge is -2.11. The molecular weight excluding hydrogens is 426 g/mol. The average Bonchev–Trinajstić information content (AvgIpc) is 3.00. The second kappa shape index (κ2) is 10.5. The van der Waals surface area contributed by atoms with Gasteiger partial charge in [0.1, 0.15) is 5.82 Å². The fraction of sp³-hybridized carbons (Fsp3) is 0.375. The van der Waals surface area contributed by atoms with Gasteiger partial charge in [-0.25, -0.2) is 9.37 Å². The molecule has 2 rings (SSSR count). The Morgan fingerprint density at radius 2 is 2.09 bits per heavy atom. The topological polar surface area (TPSA) is 49.3 Å². The van der Waals surface area contributed by atoms with Crippen LogP contribution in [-0.4, -0.2) is 24.5 Å². The van der Waals surface area contributed by atoms with E-state index in [1.54, 1.807) is 30.5 Å². The molecule has 1 aromatic heterocycles. The van der Waals surface area contributed by atoms with Crippen molar-refractivity contribution in [2.24, 2.45) is 4.99 Å². The summed E-state index contributed by atoms with van der Waals surface area (Å²) < 4.78 is 13.5. The van der Waals surface area contributed by atoms with Crippen LogP contribution in [0, 0.1) is 5.82 Å². The molecule has 4 nitrogen and oxygen atoms in total. The van der Waals surface area contributed by atoms with Gasteiger partial charge in [0.2, 0.25) is 0 Å². The summed E-state index contributed by atoms with van der Waals surface area (Å²) in [5, 5.41) is 7.45. The number of nitrogens with one attached hydrogen (secondary N) is 2. The number of halogens is 2. The Morgan fingerprint density at radius 1 is 1.30 bits per heavy atom. The smallest absolute Gasteiger partial charge is 0.191 e. The molecule has 2 aromatic rings. The molecule has 0 aliphatic heterocycles. The number of aliphatic imine (C=N–C) groups is 1. The Labute approximate surface area is 157 Å². The largest absolute Gasteiger partial charge is 0.356 e. The summed E-state index contributed by atoms with van der Waals surface area (Å²) in [4.78, 5) is 9.83. The Morgan fingerprint density at radius 3 is 2.74 bits per heavy atom. The number of nitrogens with zero attached hydrogens (tertiary/aromatic N) is 2. The number of rotatable bonds is 6. The zero-order valence-corrected chi connectivity index (χ0v) is 16.5. The SMILES string of the molecule is CCc1cnc(CCNC(=NC)NCc2ccccc2F)s1.I. The van der Waals surface area contributed by atoms with Crippen LogP contribution >= 0.6 is 35.3 Å². The first-order valence-corrected chi connectivity index (χ1v) is 8.16. The van der Waals surface area contributed by atoms with Gasteiger partial charge in [0.25, 0.3) is 0 Å². The monoisotopic (exact) mass is 448 g/mol. The standard InChI is InChI=1S/C16H21FN4S.HI/c1-3-13-11-20-15(22-13)8-9-19-16(18-2)21-10-12-6-4-5-7-14(12)17;/h4-7,11H,3,8-10H2,1-2H3,(H2,18,19,21);1H. The van der Waals surface area contributed by atoms with E-state index in [9.17, 15) is 4.39 Å². The molecule has 0 unspecified atom stereocenters. The summed E-state index contributed by atoms with van der Waals surface area (Å²) in [5.74, 6) is 0.454. The minimum atomic E-state index is -0.208. The zero-order valence-electron chi connectivity index (χ0n) is 13.3. The molecule has 1 heterocycles. The number of aromatic nitrogens is 1. The van der Waals surface area contributed by atoms with E-state index in [0.29, 0.717) is 18.1 Å². The number of aryl methyl sites for hydroxylation is 1. The van der Waals surface area contributed by atoms with Crippen molar-refractivity contribution >= 4 is 41.3 Å². The molecular formula is C16H22FIN4S. The van der Waals surface area contributed by atoms with Crippen molar-refractivity contribution in [3.8, 4) is 0 Å². The number of benzene rings is 1. The lowest BCUT2D eigenvalue weighted by molar-refractivity contribution is 0.604. The van der Waals surface area contributed by atoms with E-state index in [0.717, 1.165) is 24.4 Å². The third-order valence-electron chi connectivity index (χ3n) is 3.21. The molecule has 0 bridgehead atoms. The molecule has 0 atom stereocenters. The highest BCUT2D eigenvalue weighted by Gasteiger charge is 2.04. The molecule has 0 aliphatic rings. The Balaban J connectivity index is 0.00000264. The second-order valence-corrected chi connectivity index (χ2v) is 5.97. The van der Waals surface area contributed by atoms with E-state index in [4.69, 9.17) is 0 Å². The van der Waals surface area contributed by atoms with E-state index in [1.807, 2.05) is 12.3 Å². The normalized spacial score (nSPS) is 11.0. The predicted octanol–water partition coefficient (Wildman–Crippen LogP) is 3.37. The van der Waals surface area contributed by atoms with Gasteiger partial charge in [-0.05, 0) is 12.5 Å². The number of hydrogen-bond donors (Lipinski definition) is 2. The zero-order chi connectivity index (χ0) is 15.8. The second-order valence-electron chi connectivity index (χ2n) is 4.77. The highest BCUT2D eigenvalue weighted by Crippen LogP contribution is 2.13. The van der Waals surface area contributed by atoms with Gasteiger partial charge in [-0.2, -0.15) is 0 Å². The molecule has 0 saturated carbocycles. The first kappa shape index (κ1) is 19.8. The first-order chi connectivity index (χ1) is 10.7. The molecule has 0 spiro atoms. The predicted molar refractivity (Wildman–Crippen MR) is 105 cm³/mol. The van der Waals surface area contributed by atoms with Gasteiger partial charge in [-0.15, -0.1) is 35.3 Å². The van der Waals surface area contributed by atoms with Crippen molar-refractivity contribution in [1.29, 1.82) is 0 Å². The van der Waals surface area contributed by atoms with Crippen LogP contribution in [0.15, 0.2) is 35.5 Å². The summed E-state index contributed by atoms with van der Waals surface area (Å²) in [6.07, 6.45) is 3.81. The van der Waals surface area contributed by atoms with Crippen LogP contribution < -0.4 is 10.6 Å². The molecule has 23 heavy (non-hydrogen) atoms. The molecule has 0 radical (unpaired) electrons. The molecule has 0 amide bonds. The average molecular weight is 448 g/mol. The van der Waals surface area contributed by atoms with Crippen molar-refractivity contribution in [2.75, 3.05) is 13.6 Å². The minimum absolute atomic E-state index is 0. The highest BCUT2D eigenvalue weighted by molar-refractivity contribution is 14.0. The third-order valence-corrected chi connectivity index (χ3v) is 4.41. The molecule has 0 fully saturated rings. The summed E-state index contributed by atoms with van der Waals surface area (Å²) >= 11 is 1.74. The van der Waals surface area contributed by atoms with E-state index in [2.05, 4.69) is 27.5 Å². The first-order valence-electron chi connectivity index (χ1n) is 7.34. The molecule has 0 saturated heterocycles. The van der Waals surface area contributed by atoms with Crippen molar-refractivity contribution in [3.63, 3.8) is 0 Å². The van der Waals surface area contributed by atoms with Gasteiger partial charge < -0.3 is 10.6 Å². The fourth-order valence-corrected chi connectivity index (χ4v) is 2.82. The minimum Gasteiger partial charge on any atom is -0.356 e. The number of guanidine groups is 1. The Bertz CT molecular complexity index is 630. The van der Waals surface area contributed by atoms with Crippen LogP contribution in [0.5, 0.6) is 0 Å². The highest BCUT2D eigenvalue weighted by atomic mass is 127. The Hall–Kier alpha value is -1.22. The van der Waals surface area contributed by atoms with Crippen LogP contribution in [0.25, 0.3) is 0 Å². The van der Waals surface area contributed by atoms with Gasteiger partial charge in [0, 0.05) is 43.2 Å². The summed E-state index contributed by atoms with van der Waals surface area (Å²) in [7, 11) is 1.70. The van der Waals surface area contributed by atoms with Gasteiger partial charge >= 0.3 is 0 Å². The van der Waals surface area contributed by atoms with E-state index >= 15 is 0 Å². The fourth-order valence-electron chi connectivity index (χ4n) is 1.96. The molecule has 2 N–H and O–H groups in total. The van der Waals surface area contributed by atoms with Crippen LogP contribution in [0.2, 0.25) is 0 Å². The van der Waals surface area contributed by atoms with Crippen molar-refractivity contribution < 1.29 is 4.39 Å². The van der Waals surface area contributed by atoms with Gasteiger partial charge in [0.05, 0.1) is 5.01 Å². The van der Waals surface area contributed by atoms with Crippen LogP contribution in [-0.2, 0) is 19.4 Å². The summed E-state index contributed by atoms with van der Waals surface area (Å²) in [5.41, 5.74) is 0.623. The van der Waals surface area contributed by atoms with Crippen LogP contribution in [0.4, 0.5) is 4.39 Å². The summed E-state index contributed by atoms with van der Waals surface area (Å²) in [6, 6.07) is 6.73. The third kappa shape index (κ3) is 6.42. The molecule has 0 aliphatic carbocycles. The maximum absolute atomic E-state index is 13.5. The maximum Gasteiger partial charge on any atom is 0.191 e. The Kier molecular flexibility index (Phi) is 9.08. The summed E-state index contributed by atoms with van der Waals surface area (Å²) in [6.45, 7) is 3.28. The number of thiazole rings is 1. The van der Waals surface area contributed by atoms with Crippen LogP contribution in [0.3, 0.4) is 0 Å².